The van der Waals surface area contributed by atoms with Crippen LogP contribution in [-0.2, 0) is 11.3 Å². The van der Waals surface area contributed by atoms with Crippen molar-refractivity contribution in [3.63, 3.8) is 0 Å². The highest BCUT2D eigenvalue weighted by molar-refractivity contribution is 5.99. The molecule has 2 aromatic carbocycles. The van der Waals surface area contributed by atoms with Crippen molar-refractivity contribution in [2.75, 3.05) is 19.0 Å². The van der Waals surface area contributed by atoms with E-state index < -0.39 is 16.7 Å². The molecular formula is C20H19N5O5. The largest absolute Gasteiger partial charge is 0.490 e. The molecule has 0 saturated heterocycles. The number of ether oxygens (including phenoxy) is 1. The Labute approximate surface area is 171 Å². The first-order valence-electron chi connectivity index (χ1n) is 8.93. The zero-order valence-corrected chi connectivity index (χ0v) is 16.1. The summed E-state index contributed by atoms with van der Waals surface area (Å²) in [5, 5.41) is 20.4. The van der Waals surface area contributed by atoms with E-state index in [4.69, 9.17) is 4.74 Å². The van der Waals surface area contributed by atoms with Crippen molar-refractivity contribution >= 4 is 23.2 Å². The summed E-state index contributed by atoms with van der Waals surface area (Å²) in [6.07, 6.45) is 3.52. The van der Waals surface area contributed by atoms with E-state index in [9.17, 15) is 19.7 Å². The van der Waals surface area contributed by atoms with Crippen molar-refractivity contribution in [1.82, 2.24) is 15.1 Å². The van der Waals surface area contributed by atoms with E-state index >= 15 is 0 Å². The molecule has 2 N–H and O–H groups in total. The third kappa shape index (κ3) is 5.19. The summed E-state index contributed by atoms with van der Waals surface area (Å²) in [7, 11) is 1.30. The number of nitrogens with one attached hydrogen (secondary N) is 2. The monoisotopic (exact) mass is 409 g/mol. The van der Waals surface area contributed by atoms with E-state index in [1.807, 2.05) is 30.5 Å². The van der Waals surface area contributed by atoms with Gasteiger partial charge >= 0.3 is 5.69 Å². The molecule has 0 unspecified atom stereocenters. The number of nitro groups is 1. The molecular weight excluding hydrogens is 390 g/mol. The van der Waals surface area contributed by atoms with Gasteiger partial charge in [-0.1, -0.05) is 12.1 Å². The lowest BCUT2D eigenvalue weighted by atomic mass is 10.1. The van der Waals surface area contributed by atoms with Gasteiger partial charge in [0.05, 0.1) is 25.1 Å². The van der Waals surface area contributed by atoms with E-state index in [1.54, 1.807) is 16.9 Å². The molecule has 0 aliphatic heterocycles. The van der Waals surface area contributed by atoms with Gasteiger partial charge in [-0.25, -0.2) is 0 Å². The SMILES string of the molecule is COc1ccc(C(=O)NCC(=O)Nc2cccc(Cn3cccn3)c2)cc1[N+](=O)[O-]. The highest BCUT2D eigenvalue weighted by atomic mass is 16.6. The maximum Gasteiger partial charge on any atom is 0.311 e. The Morgan fingerprint density at radius 1 is 1.20 bits per heavy atom. The number of hydrogen-bond donors (Lipinski definition) is 2. The Balaban J connectivity index is 1.57. The van der Waals surface area contributed by atoms with Crippen LogP contribution in [0.5, 0.6) is 5.75 Å². The Morgan fingerprint density at radius 3 is 2.73 bits per heavy atom. The average Bonchev–Trinajstić information content (AvgIpc) is 3.24. The molecule has 10 nitrogen and oxygen atoms in total. The number of hydrogen-bond acceptors (Lipinski definition) is 6. The number of anilines is 1. The normalized spacial score (nSPS) is 10.3. The third-order valence-electron chi connectivity index (χ3n) is 4.16. The molecule has 2 amide bonds. The lowest BCUT2D eigenvalue weighted by Gasteiger charge is -2.09. The van der Waals surface area contributed by atoms with E-state index in [1.165, 1.54) is 19.2 Å². The van der Waals surface area contributed by atoms with Gasteiger partial charge < -0.3 is 15.4 Å². The van der Waals surface area contributed by atoms with Crippen molar-refractivity contribution < 1.29 is 19.2 Å². The zero-order valence-electron chi connectivity index (χ0n) is 16.1. The molecule has 1 aromatic heterocycles. The molecule has 3 rings (SSSR count). The van der Waals surface area contributed by atoms with Crippen LogP contribution in [0.1, 0.15) is 15.9 Å². The lowest BCUT2D eigenvalue weighted by Crippen LogP contribution is -2.32. The maximum absolute atomic E-state index is 12.2. The van der Waals surface area contributed by atoms with Crippen LogP contribution < -0.4 is 15.4 Å². The number of amides is 2. The topological polar surface area (TPSA) is 128 Å². The summed E-state index contributed by atoms with van der Waals surface area (Å²) in [6, 6.07) is 12.9. The Hall–Kier alpha value is -4.21. The second kappa shape index (κ2) is 9.32. The molecule has 0 saturated carbocycles. The van der Waals surface area contributed by atoms with Crippen LogP contribution in [0.25, 0.3) is 0 Å². The summed E-state index contributed by atoms with van der Waals surface area (Å²) in [5.41, 5.74) is 1.25. The molecule has 0 bridgehead atoms. The number of carbonyl (C=O) groups excluding carboxylic acids is 2. The fourth-order valence-electron chi connectivity index (χ4n) is 2.77. The van der Waals surface area contributed by atoms with Crippen LogP contribution in [0, 0.1) is 10.1 Å². The van der Waals surface area contributed by atoms with E-state index in [2.05, 4.69) is 15.7 Å². The van der Waals surface area contributed by atoms with Gasteiger partial charge in [0.15, 0.2) is 5.75 Å². The first kappa shape index (κ1) is 20.5. The van der Waals surface area contributed by atoms with Crippen LogP contribution in [0.15, 0.2) is 60.9 Å². The number of methoxy groups -OCH3 is 1. The number of benzene rings is 2. The van der Waals surface area contributed by atoms with Crippen molar-refractivity contribution in [1.29, 1.82) is 0 Å². The van der Waals surface area contributed by atoms with Crippen molar-refractivity contribution in [2.45, 2.75) is 6.54 Å². The summed E-state index contributed by atoms with van der Waals surface area (Å²) in [4.78, 5) is 34.9. The molecule has 10 heteroatoms. The molecule has 0 aliphatic rings. The maximum atomic E-state index is 12.2. The van der Waals surface area contributed by atoms with Gasteiger partial charge in [0.2, 0.25) is 5.91 Å². The van der Waals surface area contributed by atoms with Crippen LogP contribution in [0.3, 0.4) is 0 Å². The smallest absolute Gasteiger partial charge is 0.311 e. The van der Waals surface area contributed by atoms with Crippen molar-refractivity contribution in [3.8, 4) is 5.75 Å². The van der Waals surface area contributed by atoms with E-state index in [-0.39, 0.29) is 23.5 Å². The van der Waals surface area contributed by atoms with E-state index in [0.29, 0.717) is 12.2 Å². The van der Waals surface area contributed by atoms with Gasteiger partial charge in [0, 0.05) is 29.7 Å². The molecule has 0 fully saturated rings. The second-order valence-corrected chi connectivity index (χ2v) is 6.28. The first-order chi connectivity index (χ1) is 14.5. The standard InChI is InChI=1S/C20H19N5O5/c1-30-18-7-6-15(11-17(18)25(28)29)20(27)21-12-19(26)23-16-5-2-4-14(10-16)13-24-9-3-8-22-24/h2-11H,12-13H2,1H3,(H,21,27)(H,23,26). The quantitative estimate of drug-likeness (QED) is 0.434. The van der Waals surface area contributed by atoms with Crippen LogP contribution in [-0.4, -0.2) is 40.2 Å². The van der Waals surface area contributed by atoms with E-state index in [0.717, 1.165) is 11.6 Å². The fraction of sp³-hybridized carbons (Fsp3) is 0.150. The second-order valence-electron chi connectivity index (χ2n) is 6.28. The molecule has 0 atom stereocenters. The van der Waals surface area contributed by atoms with Crippen molar-refractivity contribution in [2.24, 2.45) is 0 Å². The number of rotatable bonds is 8. The molecule has 1 heterocycles. The van der Waals surface area contributed by atoms with Crippen molar-refractivity contribution in [3.05, 3.63) is 82.2 Å². The number of nitrogens with zero attached hydrogens (tertiary/aromatic N) is 3. The molecule has 154 valence electrons. The fourth-order valence-corrected chi connectivity index (χ4v) is 2.77. The Kier molecular flexibility index (Phi) is 6.38. The number of nitro benzene ring substituents is 1. The minimum atomic E-state index is -0.640. The predicted octanol–water partition coefficient (Wildman–Crippen LogP) is 2.22. The Bertz CT molecular complexity index is 1070. The first-order valence-corrected chi connectivity index (χ1v) is 8.93. The van der Waals surface area contributed by atoms with Gasteiger partial charge in [0.1, 0.15) is 0 Å². The van der Waals surface area contributed by atoms with Gasteiger partial charge in [-0.05, 0) is 35.9 Å². The molecule has 3 aromatic rings. The summed E-state index contributed by atoms with van der Waals surface area (Å²) < 4.78 is 6.66. The van der Waals surface area contributed by atoms with Crippen LogP contribution in [0.2, 0.25) is 0 Å². The molecule has 0 radical (unpaired) electrons. The summed E-state index contributed by atoms with van der Waals surface area (Å²) in [6.45, 7) is 0.270. The third-order valence-corrected chi connectivity index (χ3v) is 4.16. The molecule has 0 aliphatic carbocycles. The number of carbonyl (C=O) groups is 2. The minimum Gasteiger partial charge on any atom is -0.490 e. The van der Waals surface area contributed by atoms with Gasteiger partial charge in [0.25, 0.3) is 5.91 Å². The van der Waals surface area contributed by atoms with Gasteiger partial charge in [-0.15, -0.1) is 0 Å². The van der Waals surface area contributed by atoms with Gasteiger partial charge in [-0.3, -0.25) is 24.4 Å². The van der Waals surface area contributed by atoms with Gasteiger partial charge in [-0.2, -0.15) is 5.10 Å². The number of aromatic nitrogens is 2. The zero-order chi connectivity index (χ0) is 21.5. The van der Waals surface area contributed by atoms with Crippen LogP contribution >= 0.6 is 0 Å². The summed E-state index contributed by atoms with van der Waals surface area (Å²) >= 11 is 0. The minimum absolute atomic E-state index is 0.0456. The lowest BCUT2D eigenvalue weighted by molar-refractivity contribution is -0.385. The molecule has 30 heavy (non-hydrogen) atoms. The highest BCUT2D eigenvalue weighted by Gasteiger charge is 2.18. The average molecular weight is 409 g/mol. The highest BCUT2D eigenvalue weighted by Crippen LogP contribution is 2.27. The molecule has 0 spiro atoms. The Morgan fingerprint density at radius 2 is 2.03 bits per heavy atom. The summed E-state index contributed by atoms with van der Waals surface area (Å²) in [5.74, 6) is -0.991. The predicted molar refractivity (Wildman–Crippen MR) is 108 cm³/mol. The van der Waals surface area contributed by atoms with Crippen LogP contribution in [0.4, 0.5) is 11.4 Å².